The zero-order valence-corrected chi connectivity index (χ0v) is 4.63. The maximum Gasteiger partial charge on any atom is 0.196 e. The highest BCUT2D eigenvalue weighted by molar-refractivity contribution is 4.81. The van der Waals surface area contributed by atoms with Crippen LogP contribution < -0.4 is 5.32 Å². The molecule has 2 N–H and O–H groups in total. The fraction of sp³-hybridized carbons (Fsp3) is 0.800. The smallest absolute Gasteiger partial charge is 0.196 e. The number of hydrogen-bond donors (Lipinski definition) is 1. The molecule has 0 bridgehead atoms. The van der Waals surface area contributed by atoms with E-state index in [2.05, 4.69) is 6.07 Å². The van der Waals surface area contributed by atoms with E-state index in [0.29, 0.717) is 6.61 Å². The van der Waals surface area contributed by atoms with Crippen LogP contribution >= 0.6 is 0 Å². The van der Waals surface area contributed by atoms with Gasteiger partial charge in [0.15, 0.2) is 6.04 Å². The van der Waals surface area contributed by atoms with Crippen molar-refractivity contribution < 1.29 is 10.1 Å². The van der Waals surface area contributed by atoms with Crippen molar-refractivity contribution in [3.05, 3.63) is 0 Å². The van der Waals surface area contributed by atoms with Gasteiger partial charge in [-0.25, -0.2) is 0 Å². The van der Waals surface area contributed by atoms with Gasteiger partial charge in [0.1, 0.15) is 19.2 Å². The SMILES string of the molecule is N#CC1COCC[NH2+]1. The number of rotatable bonds is 0. The molecule has 3 nitrogen and oxygen atoms in total. The third-order valence-electron chi connectivity index (χ3n) is 1.18. The Bertz CT molecular complexity index is 101. The van der Waals surface area contributed by atoms with Gasteiger partial charge in [0.2, 0.25) is 0 Å². The van der Waals surface area contributed by atoms with Crippen molar-refractivity contribution in [3.63, 3.8) is 0 Å². The molecule has 0 amide bonds. The van der Waals surface area contributed by atoms with E-state index < -0.39 is 0 Å². The van der Waals surface area contributed by atoms with Crippen LogP contribution in [0.5, 0.6) is 0 Å². The maximum atomic E-state index is 8.33. The largest absolute Gasteiger partial charge is 0.368 e. The average Bonchev–Trinajstić information content (AvgIpc) is 1.90. The molecule has 0 saturated carbocycles. The summed E-state index contributed by atoms with van der Waals surface area (Å²) in [6, 6.07) is 2.17. The molecule has 0 aromatic rings. The van der Waals surface area contributed by atoms with Crippen LogP contribution in [0.1, 0.15) is 0 Å². The van der Waals surface area contributed by atoms with Crippen molar-refractivity contribution in [2.24, 2.45) is 0 Å². The minimum atomic E-state index is 0.0451. The highest BCUT2D eigenvalue weighted by Gasteiger charge is 2.13. The summed E-state index contributed by atoms with van der Waals surface area (Å²) in [4.78, 5) is 0. The molecule has 0 aliphatic carbocycles. The van der Waals surface area contributed by atoms with E-state index in [4.69, 9.17) is 10.00 Å². The Morgan fingerprint density at radius 3 is 3.00 bits per heavy atom. The van der Waals surface area contributed by atoms with E-state index in [1.807, 2.05) is 5.32 Å². The normalized spacial score (nSPS) is 29.1. The summed E-state index contributed by atoms with van der Waals surface area (Å²) in [5.74, 6) is 0. The molecule has 0 spiro atoms. The molecule has 1 aliphatic heterocycles. The van der Waals surface area contributed by atoms with Crippen LogP contribution in [-0.2, 0) is 4.74 Å². The number of quaternary nitrogens is 1. The van der Waals surface area contributed by atoms with Crippen molar-refractivity contribution in [3.8, 4) is 6.07 Å². The van der Waals surface area contributed by atoms with Gasteiger partial charge in [0, 0.05) is 0 Å². The quantitative estimate of drug-likeness (QED) is 0.414. The molecule has 0 radical (unpaired) electrons. The Morgan fingerprint density at radius 1 is 1.75 bits per heavy atom. The third kappa shape index (κ3) is 1.19. The third-order valence-corrected chi connectivity index (χ3v) is 1.18. The Kier molecular flexibility index (Phi) is 1.84. The number of nitriles is 1. The lowest BCUT2D eigenvalue weighted by atomic mass is 10.3. The molecule has 1 unspecified atom stereocenters. The summed E-state index contributed by atoms with van der Waals surface area (Å²) in [7, 11) is 0. The second-order valence-electron chi connectivity index (χ2n) is 1.83. The Labute approximate surface area is 48.2 Å². The van der Waals surface area contributed by atoms with Gasteiger partial charge in [0.05, 0.1) is 6.61 Å². The van der Waals surface area contributed by atoms with Crippen LogP contribution in [-0.4, -0.2) is 25.8 Å². The van der Waals surface area contributed by atoms with E-state index in [1.165, 1.54) is 0 Å². The molecule has 44 valence electrons. The minimum absolute atomic E-state index is 0.0451. The first-order valence-corrected chi connectivity index (χ1v) is 2.74. The first-order chi connectivity index (χ1) is 3.93. The van der Waals surface area contributed by atoms with E-state index in [1.54, 1.807) is 0 Å². The summed E-state index contributed by atoms with van der Waals surface area (Å²) >= 11 is 0. The summed E-state index contributed by atoms with van der Waals surface area (Å²) in [5.41, 5.74) is 0. The zero-order chi connectivity index (χ0) is 5.82. The van der Waals surface area contributed by atoms with Crippen molar-refractivity contribution in [1.82, 2.24) is 0 Å². The van der Waals surface area contributed by atoms with Crippen LogP contribution in [0.25, 0.3) is 0 Å². The number of nitrogens with zero attached hydrogens (tertiary/aromatic N) is 1. The predicted molar refractivity (Wildman–Crippen MR) is 27.0 cm³/mol. The van der Waals surface area contributed by atoms with Crippen LogP contribution in [0.15, 0.2) is 0 Å². The molecule has 1 heterocycles. The Balaban J connectivity index is 2.25. The second-order valence-corrected chi connectivity index (χ2v) is 1.83. The summed E-state index contributed by atoms with van der Waals surface area (Å²) < 4.78 is 5.02. The van der Waals surface area contributed by atoms with Crippen molar-refractivity contribution >= 4 is 0 Å². The molecular weight excluding hydrogens is 104 g/mol. The summed E-state index contributed by atoms with van der Waals surface area (Å²) in [6.07, 6.45) is 0. The van der Waals surface area contributed by atoms with E-state index in [-0.39, 0.29) is 6.04 Å². The highest BCUT2D eigenvalue weighted by Crippen LogP contribution is 1.80. The number of nitrogens with two attached hydrogens (primary N) is 1. The van der Waals surface area contributed by atoms with Crippen LogP contribution in [0, 0.1) is 11.3 Å². The van der Waals surface area contributed by atoms with Crippen molar-refractivity contribution in [2.45, 2.75) is 6.04 Å². The fourth-order valence-corrected chi connectivity index (χ4v) is 0.721. The topological polar surface area (TPSA) is 49.6 Å². The lowest BCUT2D eigenvalue weighted by Crippen LogP contribution is -2.93. The van der Waals surface area contributed by atoms with Gasteiger partial charge < -0.3 is 10.1 Å². The predicted octanol–water partition coefficient (Wildman–Crippen LogP) is -1.53. The molecule has 1 atom stereocenters. The monoisotopic (exact) mass is 113 g/mol. The zero-order valence-electron chi connectivity index (χ0n) is 4.63. The van der Waals surface area contributed by atoms with Gasteiger partial charge in [-0.05, 0) is 0 Å². The first-order valence-electron chi connectivity index (χ1n) is 2.74. The van der Waals surface area contributed by atoms with Crippen molar-refractivity contribution in [2.75, 3.05) is 19.8 Å². The summed E-state index contributed by atoms with van der Waals surface area (Å²) in [6.45, 7) is 2.31. The average molecular weight is 113 g/mol. The number of hydrogen-bond acceptors (Lipinski definition) is 2. The maximum absolute atomic E-state index is 8.33. The molecule has 3 heteroatoms. The van der Waals surface area contributed by atoms with Gasteiger partial charge in [0.25, 0.3) is 0 Å². The van der Waals surface area contributed by atoms with E-state index in [9.17, 15) is 0 Å². The van der Waals surface area contributed by atoms with Gasteiger partial charge >= 0.3 is 0 Å². The first kappa shape index (κ1) is 5.54. The molecular formula is C5H9N2O+. The minimum Gasteiger partial charge on any atom is -0.368 e. The van der Waals surface area contributed by atoms with Crippen LogP contribution in [0.4, 0.5) is 0 Å². The molecule has 1 aliphatic rings. The molecule has 0 aromatic carbocycles. The van der Waals surface area contributed by atoms with E-state index in [0.717, 1.165) is 13.2 Å². The van der Waals surface area contributed by atoms with E-state index >= 15 is 0 Å². The molecule has 8 heavy (non-hydrogen) atoms. The highest BCUT2D eigenvalue weighted by atomic mass is 16.5. The fourth-order valence-electron chi connectivity index (χ4n) is 0.721. The van der Waals surface area contributed by atoms with Crippen LogP contribution in [0.2, 0.25) is 0 Å². The lowest BCUT2D eigenvalue weighted by molar-refractivity contribution is -0.692. The second kappa shape index (κ2) is 2.65. The van der Waals surface area contributed by atoms with Gasteiger partial charge in [-0.15, -0.1) is 0 Å². The molecule has 1 rings (SSSR count). The molecule has 0 aromatic heterocycles. The standard InChI is InChI=1S/C5H8N2O/c6-3-5-4-8-2-1-7-5/h5,7H,1-2,4H2/p+1. The number of morpholine rings is 1. The van der Waals surface area contributed by atoms with Gasteiger partial charge in [-0.3, -0.25) is 0 Å². The van der Waals surface area contributed by atoms with Gasteiger partial charge in [-0.1, -0.05) is 0 Å². The van der Waals surface area contributed by atoms with Crippen molar-refractivity contribution in [1.29, 1.82) is 5.26 Å². The summed E-state index contributed by atoms with van der Waals surface area (Å²) in [5, 5.41) is 10.3. The number of ether oxygens (including phenoxy) is 1. The molecule has 1 saturated heterocycles. The van der Waals surface area contributed by atoms with Crippen LogP contribution in [0.3, 0.4) is 0 Å². The Morgan fingerprint density at radius 2 is 2.62 bits per heavy atom. The lowest BCUT2D eigenvalue weighted by Gasteiger charge is -2.13. The Hall–Kier alpha value is -0.590. The van der Waals surface area contributed by atoms with Gasteiger partial charge in [-0.2, -0.15) is 5.26 Å². The molecule has 1 fully saturated rings.